The zero-order valence-electron chi connectivity index (χ0n) is 21.0. The Bertz CT molecular complexity index is 755. The minimum Gasteiger partial charge on any atom is -0.444 e. The molecule has 7 heteroatoms. The van der Waals surface area contributed by atoms with Crippen molar-refractivity contribution in [2.24, 2.45) is 0 Å². The first kappa shape index (κ1) is 27.5. The van der Waals surface area contributed by atoms with Crippen LogP contribution in [0.4, 0.5) is 4.79 Å². The van der Waals surface area contributed by atoms with Gasteiger partial charge in [0.05, 0.1) is 0 Å². The van der Waals surface area contributed by atoms with E-state index >= 15 is 0 Å². The number of ether oxygens (including phenoxy) is 1. The summed E-state index contributed by atoms with van der Waals surface area (Å²) in [5.41, 5.74) is 1.13. The zero-order valence-corrected chi connectivity index (χ0v) is 21.0. The van der Waals surface area contributed by atoms with Gasteiger partial charge in [0.1, 0.15) is 17.7 Å². The first-order chi connectivity index (χ1) is 14.9. The van der Waals surface area contributed by atoms with E-state index in [4.69, 9.17) is 4.74 Å². The molecule has 0 saturated carbocycles. The van der Waals surface area contributed by atoms with Gasteiger partial charge in [0.15, 0.2) is 0 Å². The molecular weight excluding hydrogens is 406 g/mol. The van der Waals surface area contributed by atoms with Crippen LogP contribution in [0.25, 0.3) is 0 Å². The number of hydrogen-bond donors (Lipinski definition) is 2. The first-order valence-electron chi connectivity index (χ1n) is 11.6. The average molecular weight is 448 g/mol. The normalized spacial score (nSPS) is 14.1. The molecule has 0 saturated heterocycles. The molecule has 3 atom stereocenters. The van der Waals surface area contributed by atoms with Crippen LogP contribution >= 0.6 is 0 Å². The largest absolute Gasteiger partial charge is 0.444 e. The van der Waals surface area contributed by atoms with Crippen LogP contribution in [-0.4, -0.2) is 47.0 Å². The van der Waals surface area contributed by atoms with Crippen molar-refractivity contribution in [2.75, 3.05) is 6.54 Å². The van der Waals surface area contributed by atoms with E-state index in [1.165, 1.54) is 0 Å². The summed E-state index contributed by atoms with van der Waals surface area (Å²) in [7, 11) is 0. The number of hydrogen-bond acceptors (Lipinski definition) is 4. The molecule has 1 aromatic carbocycles. The van der Waals surface area contributed by atoms with E-state index in [2.05, 4.69) is 17.6 Å². The molecule has 0 heterocycles. The van der Waals surface area contributed by atoms with Crippen molar-refractivity contribution < 1.29 is 19.1 Å². The molecule has 1 aromatic rings. The number of carbonyl (C=O) groups is 3. The number of carbonyl (C=O) groups excluding carboxylic acids is 3. The minimum atomic E-state index is -0.852. The molecule has 3 unspecified atom stereocenters. The van der Waals surface area contributed by atoms with E-state index < -0.39 is 23.8 Å². The van der Waals surface area contributed by atoms with Gasteiger partial charge in [0.25, 0.3) is 0 Å². The van der Waals surface area contributed by atoms with Crippen molar-refractivity contribution >= 4 is 17.9 Å². The third-order valence-electron chi connectivity index (χ3n) is 5.17. The Labute approximate surface area is 193 Å². The number of unbranched alkanes of at least 4 members (excludes halogenated alkanes) is 1. The summed E-state index contributed by atoms with van der Waals surface area (Å²) in [6, 6.07) is 5.77. The van der Waals surface area contributed by atoms with Crippen molar-refractivity contribution in [3.05, 3.63) is 35.4 Å². The fraction of sp³-hybridized carbons (Fsp3) is 0.640. The maximum Gasteiger partial charge on any atom is 0.408 e. The Morgan fingerprint density at radius 3 is 2.16 bits per heavy atom. The predicted octanol–water partition coefficient (Wildman–Crippen LogP) is 4.49. The van der Waals surface area contributed by atoms with Crippen molar-refractivity contribution in [3.8, 4) is 0 Å². The lowest BCUT2D eigenvalue weighted by atomic mass is 9.99. The van der Waals surface area contributed by atoms with Crippen LogP contribution in [0.2, 0.25) is 0 Å². The summed E-state index contributed by atoms with van der Waals surface area (Å²) in [4.78, 5) is 40.7. The monoisotopic (exact) mass is 447 g/mol. The van der Waals surface area contributed by atoms with Gasteiger partial charge < -0.3 is 20.3 Å². The van der Waals surface area contributed by atoms with Crippen LogP contribution in [0.15, 0.2) is 24.3 Å². The van der Waals surface area contributed by atoms with Gasteiger partial charge in [0, 0.05) is 12.6 Å². The van der Waals surface area contributed by atoms with Gasteiger partial charge in [-0.05, 0) is 59.9 Å². The van der Waals surface area contributed by atoms with E-state index in [9.17, 15) is 14.4 Å². The second-order valence-electron chi connectivity index (χ2n) is 9.33. The first-order valence-corrected chi connectivity index (χ1v) is 11.6. The molecule has 0 aromatic heterocycles. The molecule has 0 bridgehead atoms. The fourth-order valence-electron chi connectivity index (χ4n) is 3.24. The van der Waals surface area contributed by atoms with Gasteiger partial charge in [-0.1, -0.05) is 50.1 Å². The highest BCUT2D eigenvalue weighted by molar-refractivity contribution is 5.92. The Morgan fingerprint density at radius 1 is 1.06 bits per heavy atom. The highest BCUT2D eigenvalue weighted by Gasteiger charge is 2.36. The van der Waals surface area contributed by atoms with Gasteiger partial charge in [0.2, 0.25) is 11.8 Å². The lowest BCUT2D eigenvalue weighted by molar-refractivity contribution is -0.144. The van der Waals surface area contributed by atoms with Gasteiger partial charge >= 0.3 is 6.09 Å². The van der Waals surface area contributed by atoms with Gasteiger partial charge in [-0.25, -0.2) is 4.79 Å². The van der Waals surface area contributed by atoms with E-state index in [0.717, 1.165) is 24.0 Å². The standard InChI is InChI=1S/C25H41N3O4/c1-9-11-16-26-22(29)21(20-14-12-17(3)13-15-20)28(18(4)10-2)23(30)19(5)27-24(31)32-25(6,7)8/h12-15,18-19,21H,9-11,16H2,1-8H3,(H,26,29)(H,27,31). The summed E-state index contributed by atoms with van der Waals surface area (Å²) < 4.78 is 5.30. The molecule has 0 aliphatic rings. The summed E-state index contributed by atoms with van der Waals surface area (Å²) in [6.07, 6.45) is 1.82. The van der Waals surface area contributed by atoms with Gasteiger partial charge in [-0.15, -0.1) is 0 Å². The van der Waals surface area contributed by atoms with Crippen LogP contribution in [0.1, 0.15) is 84.9 Å². The maximum atomic E-state index is 13.5. The molecule has 0 aliphatic heterocycles. The lowest BCUT2D eigenvalue weighted by Gasteiger charge is -2.37. The van der Waals surface area contributed by atoms with E-state index in [1.807, 2.05) is 45.0 Å². The third-order valence-corrected chi connectivity index (χ3v) is 5.17. The highest BCUT2D eigenvalue weighted by atomic mass is 16.6. The molecule has 32 heavy (non-hydrogen) atoms. The van der Waals surface area contributed by atoms with Crippen LogP contribution in [-0.2, 0) is 14.3 Å². The van der Waals surface area contributed by atoms with Crippen molar-refractivity contribution in [1.82, 2.24) is 15.5 Å². The lowest BCUT2D eigenvalue weighted by Crippen LogP contribution is -2.54. The van der Waals surface area contributed by atoms with E-state index in [1.54, 1.807) is 32.6 Å². The molecular formula is C25H41N3O4. The van der Waals surface area contributed by atoms with Crippen molar-refractivity contribution in [3.63, 3.8) is 0 Å². The zero-order chi connectivity index (χ0) is 24.5. The smallest absolute Gasteiger partial charge is 0.408 e. The molecule has 0 aliphatic carbocycles. The van der Waals surface area contributed by atoms with Crippen molar-refractivity contribution in [1.29, 1.82) is 0 Å². The number of amides is 3. The maximum absolute atomic E-state index is 13.5. The summed E-state index contributed by atoms with van der Waals surface area (Å²) in [5.74, 6) is -0.554. The topological polar surface area (TPSA) is 87.7 Å². The number of alkyl carbamates (subject to hydrolysis) is 1. The number of nitrogens with one attached hydrogen (secondary N) is 2. The van der Waals surface area contributed by atoms with Gasteiger partial charge in [-0.3, -0.25) is 9.59 Å². The SMILES string of the molecule is CCCCNC(=O)C(c1ccc(C)cc1)N(C(=O)C(C)NC(=O)OC(C)(C)C)C(C)CC. The quantitative estimate of drug-likeness (QED) is 0.517. The van der Waals surface area contributed by atoms with Gasteiger partial charge in [-0.2, -0.15) is 0 Å². The second kappa shape index (κ2) is 12.5. The average Bonchev–Trinajstić information content (AvgIpc) is 2.70. The minimum absolute atomic E-state index is 0.214. The third kappa shape index (κ3) is 8.52. The van der Waals surface area contributed by atoms with Crippen LogP contribution < -0.4 is 10.6 Å². The molecule has 180 valence electrons. The number of nitrogens with zero attached hydrogens (tertiary/aromatic N) is 1. The number of benzene rings is 1. The highest BCUT2D eigenvalue weighted by Crippen LogP contribution is 2.26. The molecule has 0 fully saturated rings. The molecule has 1 rings (SSSR count). The molecule has 2 N–H and O–H groups in total. The van der Waals surface area contributed by atoms with Crippen LogP contribution in [0, 0.1) is 6.92 Å². The Balaban J connectivity index is 3.27. The van der Waals surface area contributed by atoms with Crippen LogP contribution in [0.5, 0.6) is 0 Å². The molecule has 7 nitrogen and oxygen atoms in total. The Hall–Kier alpha value is -2.57. The predicted molar refractivity (Wildman–Crippen MR) is 127 cm³/mol. The summed E-state index contributed by atoms with van der Waals surface area (Å²) >= 11 is 0. The summed E-state index contributed by atoms with van der Waals surface area (Å²) in [6.45, 7) is 15.4. The summed E-state index contributed by atoms with van der Waals surface area (Å²) in [5, 5.41) is 5.60. The number of rotatable bonds is 10. The Kier molecular flexibility index (Phi) is 10.7. The Morgan fingerprint density at radius 2 is 1.66 bits per heavy atom. The van der Waals surface area contributed by atoms with Crippen LogP contribution in [0.3, 0.4) is 0 Å². The van der Waals surface area contributed by atoms with Crippen molar-refractivity contribution in [2.45, 2.75) is 98.4 Å². The molecule has 0 radical (unpaired) electrons. The molecule has 0 spiro atoms. The fourth-order valence-corrected chi connectivity index (χ4v) is 3.24. The van der Waals surface area contributed by atoms with E-state index in [-0.39, 0.29) is 17.9 Å². The number of aryl methyl sites for hydroxylation is 1. The second-order valence-corrected chi connectivity index (χ2v) is 9.33. The van der Waals surface area contributed by atoms with E-state index in [0.29, 0.717) is 13.0 Å². The molecule has 3 amide bonds.